The number of esters is 1. The van der Waals surface area contributed by atoms with Crippen LogP contribution in [0, 0.1) is 0 Å². The number of thiazole rings is 1. The van der Waals surface area contributed by atoms with Crippen LogP contribution >= 0.6 is 11.3 Å². The van der Waals surface area contributed by atoms with Gasteiger partial charge in [0.05, 0.1) is 11.4 Å². The zero-order chi connectivity index (χ0) is 18.1. The van der Waals surface area contributed by atoms with Crippen LogP contribution in [0.15, 0.2) is 36.0 Å². The summed E-state index contributed by atoms with van der Waals surface area (Å²) >= 11 is 1.58. The monoisotopic (exact) mass is 369 g/mol. The molecule has 0 saturated heterocycles. The van der Waals surface area contributed by atoms with Crippen LogP contribution < -0.4 is 4.90 Å². The molecule has 8 heteroatoms. The lowest BCUT2D eigenvalue weighted by atomic mass is 10.2. The highest BCUT2D eigenvalue weighted by molar-refractivity contribution is 7.13. The van der Waals surface area contributed by atoms with Gasteiger partial charge in [-0.05, 0) is 31.0 Å². The second kappa shape index (κ2) is 6.87. The Balaban J connectivity index is 1.41. The molecule has 1 fully saturated rings. The summed E-state index contributed by atoms with van der Waals surface area (Å²) in [6.45, 7) is 0.156. The highest BCUT2D eigenvalue weighted by Gasteiger charge is 2.28. The lowest BCUT2D eigenvalue weighted by Crippen LogP contribution is -2.19. The molecule has 3 aromatic heterocycles. The van der Waals surface area contributed by atoms with Crippen molar-refractivity contribution in [2.45, 2.75) is 25.5 Å². The predicted octanol–water partition coefficient (Wildman–Crippen LogP) is 2.89. The molecule has 0 atom stereocenters. The lowest BCUT2D eigenvalue weighted by Gasteiger charge is -2.13. The van der Waals surface area contributed by atoms with Crippen molar-refractivity contribution >= 4 is 22.4 Å². The predicted molar refractivity (Wildman–Crippen MR) is 99.1 cm³/mol. The summed E-state index contributed by atoms with van der Waals surface area (Å²) < 4.78 is 6.96. The third-order valence-corrected chi connectivity index (χ3v) is 5.33. The van der Waals surface area contributed by atoms with Crippen molar-refractivity contribution in [2.24, 2.45) is 7.05 Å². The number of aromatic nitrogens is 4. The van der Waals surface area contributed by atoms with Gasteiger partial charge in [-0.1, -0.05) is 0 Å². The molecule has 0 unspecified atom stereocenters. The van der Waals surface area contributed by atoms with Gasteiger partial charge < -0.3 is 9.64 Å². The van der Waals surface area contributed by atoms with Crippen molar-refractivity contribution in [1.82, 2.24) is 19.7 Å². The number of carbonyl (C=O) groups excluding carboxylic acids is 1. The molecule has 0 N–H and O–H groups in total. The van der Waals surface area contributed by atoms with E-state index in [1.165, 1.54) is 17.5 Å². The number of aryl methyl sites for hydroxylation is 1. The Morgan fingerprint density at radius 2 is 2.15 bits per heavy atom. The molecule has 0 radical (unpaired) electrons. The van der Waals surface area contributed by atoms with Gasteiger partial charge in [0.1, 0.15) is 12.3 Å². The Hall–Kier alpha value is -2.74. The van der Waals surface area contributed by atoms with Crippen LogP contribution in [-0.2, 0) is 18.4 Å². The van der Waals surface area contributed by atoms with Crippen molar-refractivity contribution in [3.05, 3.63) is 47.4 Å². The third kappa shape index (κ3) is 3.45. The minimum atomic E-state index is -0.412. The van der Waals surface area contributed by atoms with Crippen LogP contribution in [0.5, 0.6) is 0 Å². The topological polar surface area (TPSA) is 73.1 Å². The maximum absolute atomic E-state index is 12.4. The normalized spacial score (nSPS) is 13.6. The Morgan fingerprint density at radius 1 is 1.38 bits per heavy atom. The summed E-state index contributed by atoms with van der Waals surface area (Å²) in [5, 5.41) is 7.29. The quantitative estimate of drug-likeness (QED) is 0.622. The standard InChI is InChI=1S/C18H19N5O2S/c1-22(14-3-4-14)18-20-13(11-26-18)10-25-17(24)16-9-15(21-23(16)2)12-5-7-19-8-6-12/h5-9,11,14H,3-4,10H2,1-2H3. The van der Waals surface area contributed by atoms with Crippen LogP contribution in [0.4, 0.5) is 5.13 Å². The van der Waals surface area contributed by atoms with Gasteiger partial charge in [0.25, 0.3) is 0 Å². The average Bonchev–Trinajstić information content (AvgIpc) is 3.28. The Labute approximate surface area is 155 Å². The number of anilines is 1. The molecular formula is C18H19N5O2S. The van der Waals surface area contributed by atoms with E-state index in [0.29, 0.717) is 17.4 Å². The first-order valence-corrected chi connectivity index (χ1v) is 9.28. The van der Waals surface area contributed by atoms with Gasteiger partial charge in [-0.3, -0.25) is 9.67 Å². The summed E-state index contributed by atoms with van der Waals surface area (Å²) in [6.07, 6.45) is 5.84. The summed E-state index contributed by atoms with van der Waals surface area (Å²) in [7, 11) is 3.79. The van der Waals surface area contributed by atoms with Crippen LogP contribution in [0.1, 0.15) is 29.0 Å². The number of rotatable bonds is 6. The number of pyridine rings is 1. The van der Waals surface area contributed by atoms with Gasteiger partial charge in [-0.2, -0.15) is 5.10 Å². The first-order chi connectivity index (χ1) is 12.6. The molecule has 134 valence electrons. The molecule has 0 aromatic carbocycles. The van der Waals surface area contributed by atoms with Gasteiger partial charge in [0.15, 0.2) is 5.13 Å². The summed E-state index contributed by atoms with van der Waals surface area (Å²) in [6, 6.07) is 6.04. The minimum Gasteiger partial charge on any atom is -0.454 e. The van der Waals surface area contributed by atoms with Crippen molar-refractivity contribution in [3.63, 3.8) is 0 Å². The van der Waals surface area contributed by atoms with Gasteiger partial charge in [-0.15, -0.1) is 11.3 Å². The highest BCUT2D eigenvalue weighted by atomic mass is 32.1. The van der Waals surface area contributed by atoms with E-state index in [2.05, 4.69) is 27.0 Å². The first kappa shape index (κ1) is 16.7. The first-order valence-electron chi connectivity index (χ1n) is 8.40. The van der Waals surface area contributed by atoms with Crippen LogP contribution in [0.25, 0.3) is 11.3 Å². The maximum Gasteiger partial charge on any atom is 0.356 e. The van der Waals surface area contributed by atoms with Crippen molar-refractivity contribution in [2.75, 3.05) is 11.9 Å². The van der Waals surface area contributed by atoms with Crippen LogP contribution in [-0.4, -0.2) is 38.8 Å². The molecule has 1 aliphatic rings. The smallest absolute Gasteiger partial charge is 0.356 e. The number of nitrogens with zero attached hydrogens (tertiary/aromatic N) is 5. The molecule has 0 bridgehead atoms. The molecule has 7 nitrogen and oxygen atoms in total. The van der Waals surface area contributed by atoms with E-state index in [4.69, 9.17) is 4.74 Å². The Bertz CT molecular complexity index is 917. The number of carbonyl (C=O) groups is 1. The molecule has 0 aliphatic heterocycles. The molecule has 0 amide bonds. The van der Waals surface area contributed by atoms with E-state index < -0.39 is 5.97 Å². The minimum absolute atomic E-state index is 0.156. The van der Waals surface area contributed by atoms with Gasteiger partial charge >= 0.3 is 5.97 Å². The van der Waals surface area contributed by atoms with E-state index in [1.807, 2.05) is 17.5 Å². The van der Waals surface area contributed by atoms with Gasteiger partial charge in [0.2, 0.25) is 0 Å². The van der Waals surface area contributed by atoms with E-state index in [1.54, 1.807) is 36.8 Å². The summed E-state index contributed by atoms with van der Waals surface area (Å²) in [4.78, 5) is 23.1. The molecule has 3 aromatic rings. The molecular weight excluding hydrogens is 350 g/mol. The van der Waals surface area contributed by atoms with Gasteiger partial charge in [-0.25, -0.2) is 9.78 Å². The number of hydrogen-bond acceptors (Lipinski definition) is 7. The van der Waals surface area contributed by atoms with Crippen molar-refractivity contribution in [3.8, 4) is 11.3 Å². The maximum atomic E-state index is 12.4. The Kier molecular flexibility index (Phi) is 4.42. The zero-order valence-electron chi connectivity index (χ0n) is 14.6. The molecule has 1 aliphatic carbocycles. The number of ether oxygens (including phenoxy) is 1. The molecule has 4 rings (SSSR count). The SMILES string of the molecule is CN(c1nc(COC(=O)c2cc(-c3ccncc3)nn2C)cs1)C1CC1. The van der Waals surface area contributed by atoms with E-state index in [9.17, 15) is 4.79 Å². The molecule has 0 spiro atoms. The van der Waals surface area contributed by atoms with Crippen molar-refractivity contribution in [1.29, 1.82) is 0 Å². The van der Waals surface area contributed by atoms with Gasteiger partial charge in [0, 0.05) is 43.5 Å². The Morgan fingerprint density at radius 3 is 2.88 bits per heavy atom. The average molecular weight is 369 g/mol. The second-order valence-electron chi connectivity index (χ2n) is 6.31. The lowest BCUT2D eigenvalue weighted by molar-refractivity contribution is 0.0455. The molecule has 1 saturated carbocycles. The third-order valence-electron chi connectivity index (χ3n) is 4.35. The van der Waals surface area contributed by atoms with E-state index in [0.717, 1.165) is 16.4 Å². The fourth-order valence-corrected chi connectivity index (χ4v) is 3.53. The summed E-state index contributed by atoms with van der Waals surface area (Å²) in [5.41, 5.74) is 2.79. The van der Waals surface area contributed by atoms with E-state index in [-0.39, 0.29) is 6.61 Å². The zero-order valence-corrected chi connectivity index (χ0v) is 15.4. The van der Waals surface area contributed by atoms with Crippen LogP contribution in [0.2, 0.25) is 0 Å². The van der Waals surface area contributed by atoms with Crippen LogP contribution in [0.3, 0.4) is 0 Å². The number of hydrogen-bond donors (Lipinski definition) is 0. The second-order valence-corrected chi connectivity index (χ2v) is 7.15. The molecule has 3 heterocycles. The van der Waals surface area contributed by atoms with E-state index >= 15 is 0 Å². The highest BCUT2D eigenvalue weighted by Crippen LogP contribution is 2.32. The van der Waals surface area contributed by atoms with Crippen molar-refractivity contribution < 1.29 is 9.53 Å². The fraction of sp³-hybridized carbons (Fsp3) is 0.333. The fourth-order valence-electron chi connectivity index (χ4n) is 2.68. The summed E-state index contributed by atoms with van der Waals surface area (Å²) in [5.74, 6) is -0.412. The molecule has 26 heavy (non-hydrogen) atoms. The largest absolute Gasteiger partial charge is 0.454 e.